The number of benzene rings is 1. The van der Waals surface area contributed by atoms with Crippen molar-refractivity contribution < 1.29 is 14.7 Å². The van der Waals surface area contributed by atoms with Crippen molar-refractivity contribution in [3.8, 4) is 11.8 Å². The van der Waals surface area contributed by atoms with Crippen LogP contribution in [0.1, 0.15) is 5.56 Å². The van der Waals surface area contributed by atoms with E-state index in [9.17, 15) is 9.59 Å². The van der Waals surface area contributed by atoms with Crippen molar-refractivity contribution in [2.45, 2.75) is 0 Å². The summed E-state index contributed by atoms with van der Waals surface area (Å²) in [6.45, 7) is -0.238. The summed E-state index contributed by atoms with van der Waals surface area (Å²) in [7, 11) is 0. The van der Waals surface area contributed by atoms with Crippen LogP contribution >= 0.6 is 0 Å². The van der Waals surface area contributed by atoms with Crippen molar-refractivity contribution in [1.82, 2.24) is 10.6 Å². The summed E-state index contributed by atoms with van der Waals surface area (Å²) in [6.07, 6.45) is 0. The lowest BCUT2D eigenvalue weighted by Gasteiger charge is -2.01. The van der Waals surface area contributed by atoms with Crippen LogP contribution in [0.25, 0.3) is 0 Å². The molecule has 0 bridgehead atoms. The van der Waals surface area contributed by atoms with Crippen LogP contribution in [0.2, 0.25) is 0 Å². The van der Waals surface area contributed by atoms with Gasteiger partial charge in [-0.25, -0.2) is 4.79 Å². The number of carboxylic acids is 1. The van der Waals surface area contributed by atoms with E-state index in [2.05, 4.69) is 22.5 Å². The molecule has 5 heteroatoms. The third-order valence-corrected chi connectivity index (χ3v) is 1.74. The summed E-state index contributed by atoms with van der Waals surface area (Å²) in [5.74, 6) is 4.52. The molecule has 1 aromatic rings. The van der Waals surface area contributed by atoms with Gasteiger partial charge < -0.3 is 15.7 Å². The number of carboxylic acid groups (broad SMARTS) is 1. The first kappa shape index (κ1) is 12.6. The fourth-order valence-electron chi connectivity index (χ4n) is 1.01. The monoisotopic (exact) mass is 232 g/mol. The van der Waals surface area contributed by atoms with Gasteiger partial charge in [0.05, 0.1) is 6.54 Å². The van der Waals surface area contributed by atoms with Gasteiger partial charge in [-0.05, 0) is 12.1 Å². The number of amides is 2. The molecule has 0 atom stereocenters. The maximum absolute atomic E-state index is 11.0. The highest BCUT2D eigenvalue weighted by Gasteiger charge is 2.00. The molecule has 0 saturated carbocycles. The van der Waals surface area contributed by atoms with Crippen molar-refractivity contribution in [3.63, 3.8) is 0 Å². The topological polar surface area (TPSA) is 78.4 Å². The zero-order valence-electron chi connectivity index (χ0n) is 9.06. The van der Waals surface area contributed by atoms with Crippen LogP contribution in [0.3, 0.4) is 0 Å². The van der Waals surface area contributed by atoms with Crippen LogP contribution in [0.4, 0.5) is 4.79 Å². The Morgan fingerprint density at radius 1 is 1.18 bits per heavy atom. The number of rotatable bonds is 3. The lowest BCUT2D eigenvalue weighted by Crippen LogP contribution is -2.38. The Balaban J connectivity index is 2.26. The summed E-state index contributed by atoms with van der Waals surface area (Å²) in [4.78, 5) is 21.2. The largest absolute Gasteiger partial charge is 0.480 e. The Morgan fingerprint density at radius 3 is 2.53 bits per heavy atom. The molecule has 0 aliphatic heterocycles. The molecule has 3 N–H and O–H groups in total. The second-order valence-corrected chi connectivity index (χ2v) is 3.10. The van der Waals surface area contributed by atoms with Crippen LogP contribution < -0.4 is 10.6 Å². The van der Waals surface area contributed by atoms with E-state index in [1.807, 2.05) is 30.3 Å². The standard InChI is InChI=1S/C12H12N2O3/c15-11(16)9-14-12(17)13-8-4-7-10-5-2-1-3-6-10/h1-3,5-6H,8-9H2,(H,15,16)(H2,13,14,17). The fraction of sp³-hybridized carbons (Fsp3) is 0.167. The Hall–Kier alpha value is -2.48. The molecule has 1 rings (SSSR count). The van der Waals surface area contributed by atoms with Gasteiger partial charge in [-0.2, -0.15) is 0 Å². The smallest absolute Gasteiger partial charge is 0.323 e. The Morgan fingerprint density at radius 2 is 1.88 bits per heavy atom. The molecule has 1 aromatic carbocycles. The highest BCUT2D eigenvalue weighted by Crippen LogP contribution is 1.93. The lowest BCUT2D eigenvalue weighted by atomic mass is 10.2. The van der Waals surface area contributed by atoms with E-state index < -0.39 is 18.5 Å². The molecule has 0 aromatic heterocycles. The summed E-state index contributed by atoms with van der Waals surface area (Å²) in [5.41, 5.74) is 0.861. The number of aliphatic carboxylic acids is 1. The summed E-state index contributed by atoms with van der Waals surface area (Å²) < 4.78 is 0. The first-order valence-corrected chi connectivity index (χ1v) is 4.96. The third-order valence-electron chi connectivity index (χ3n) is 1.74. The number of nitrogens with one attached hydrogen (secondary N) is 2. The van der Waals surface area contributed by atoms with Crippen LogP contribution in [0.5, 0.6) is 0 Å². The van der Waals surface area contributed by atoms with E-state index in [1.54, 1.807) is 0 Å². The van der Waals surface area contributed by atoms with E-state index in [4.69, 9.17) is 5.11 Å². The molecule has 0 fully saturated rings. The number of carbonyl (C=O) groups is 2. The van der Waals surface area contributed by atoms with E-state index in [1.165, 1.54) is 0 Å². The van der Waals surface area contributed by atoms with Crippen LogP contribution in [0, 0.1) is 11.8 Å². The molecule has 0 spiro atoms. The molecule has 88 valence electrons. The predicted octanol–water partition coefficient (Wildman–Crippen LogP) is 0.422. The van der Waals surface area contributed by atoms with Crippen LogP contribution in [0.15, 0.2) is 30.3 Å². The molecule has 0 radical (unpaired) electrons. The zero-order valence-corrected chi connectivity index (χ0v) is 9.06. The summed E-state index contributed by atoms with van der Waals surface area (Å²) in [6, 6.07) is 8.81. The van der Waals surface area contributed by atoms with Gasteiger partial charge in [0.1, 0.15) is 6.54 Å². The van der Waals surface area contributed by atoms with Gasteiger partial charge in [-0.3, -0.25) is 4.79 Å². The maximum Gasteiger partial charge on any atom is 0.323 e. The highest BCUT2D eigenvalue weighted by atomic mass is 16.4. The summed E-state index contributed by atoms with van der Waals surface area (Å²) in [5, 5.41) is 12.9. The minimum atomic E-state index is -1.09. The van der Waals surface area contributed by atoms with Gasteiger partial charge in [0.2, 0.25) is 0 Å². The molecule has 0 saturated heterocycles. The second-order valence-electron chi connectivity index (χ2n) is 3.10. The van der Waals surface area contributed by atoms with Crippen LogP contribution in [-0.4, -0.2) is 30.2 Å². The van der Waals surface area contributed by atoms with Gasteiger partial charge in [-0.15, -0.1) is 0 Å². The quantitative estimate of drug-likeness (QED) is 0.661. The number of hydrogen-bond donors (Lipinski definition) is 3. The lowest BCUT2D eigenvalue weighted by molar-refractivity contribution is -0.135. The molecular formula is C12H12N2O3. The van der Waals surface area contributed by atoms with Crippen molar-refractivity contribution in [1.29, 1.82) is 0 Å². The van der Waals surface area contributed by atoms with E-state index in [0.717, 1.165) is 5.56 Å². The van der Waals surface area contributed by atoms with Crippen molar-refractivity contribution >= 4 is 12.0 Å². The number of hydrogen-bond acceptors (Lipinski definition) is 2. The Kier molecular flexibility index (Phi) is 5.11. The minimum absolute atomic E-state index is 0.167. The first-order valence-electron chi connectivity index (χ1n) is 4.96. The van der Waals surface area contributed by atoms with Gasteiger partial charge in [0.15, 0.2) is 0 Å². The van der Waals surface area contributed by atoms with Gasteiger partial charge >= 0.3 is 12.0 Å². The van der Waals surface area contributed by atoms with Crippen LogP contribution in [-0.2, 0) is 4.79 Å². The number of urea groups is 1. The van der Waals surface area contributed by atoms with Gasteiger partial charge in [0, 0.05) is 5.56 Å². The van der Waals surface area contributed by atoms with Crippen molar-refractivity contribution in [2.75, 3.05) is 13.1 Å². The number of carbonyl (C=O) groups excluding carboxylic acids is 1. The van der Waals surface area contributed by atoms with E-state index >= 15 is 0 Å². The predicted molar refractivity (Wildman–Crippen MR) is 62.4 cm³/mol. The SMILES string of the molecule is O=C(O)CNC(=O)NCC#Cc1ccccc1. The Labute approximate surface area is 98.8 Å². The third kappa shape index (κ3) is 5.85. The van der Waals surface area contributed by atoms with Crippen molar-refractivity contribution in [2.24, 2.45) is 0 Å². The average molecular weight is 232 g/mol. The zero-order chi connectivity index (χ0) is 12.5. The van der Waals surface area contributed by atoms with E-state index in [0.29, 0.717) is 0 Å². The minimum Gasteiger partial charge on any atom is -0.480 e. The molecule has 5 nitrogen and oxygen atoms in total. The highest BCUT2D eigenvalue weighted by molar-refractivity contribution is 5.79. The molecule has 17 heavy (non-hydrogen) atoms. The average Bonchev–Trinajstić information content (AvgIpc) is 2.33. The molecule has 0 heterocycles. The molecular weight excluding hydrogens is 220 g/mol. The van der Waals surface area contributed by atoms with Gasteiger partial charge in [-0.1, -0.05) is 30.0 Å². The van der Waals surface area contributed by atoms with Crippen molar-refractivity contribution in [3.05, 3.63) is 35.9 Å². The second kappa shape index (κ2) is 6.90. The molecule has 0 aliphatic rings. The maximum atomic E-state index is 11.0. The normalized spacial score (nSPS) is 8.71. The molecule has 0 aliphatic carbocycles. The Bertz CT molecular complexity index is 446. The fourth-order valence-corrected chi connectivity index (χ4v) is 1.01. The summed E-state index contributed by atoms with van der Waals surface area (Å²) >= 11 is 0. The molecule has 0 unspecified atom stereocenters. The molecule has 2 amide bonds. The van der Waals surface area contributed by atoms with Gasteiger partial charge in [0.25, 0.3) is 0 Å². The van der Waals surface area contributed by atoms with E-state index in [-0.39, 0.29) is 6.54 Å². The first-order chi connectivity index (χ1) is 8.18.